The van der Waals surface area contributed by atoms with E-state index in [-0.39, 0.29) is 0 Å². The van der Waals surface area contributed by atoms with E-state index in [1.165, 1.54) is 4.52 Å². The maximum absolute atomic E-state index is 12.5. The van der Waals surface area contributed by atoms with Gasteiger partial charge < -0.3 is 0 Å². The van der Waals surface area contributed by atoms with E-state index in [1.807, 2.05) is 0 Å². The van der Waals surface area contributed by atoms with Gasteiger partial charge in [-0.15, -0.1) is 13.2 Å². The van der Waals surface area contributed by atoms with Gasteiger partial charge in [0.1, 0.15) is 0 Å². The molecular weight excluding hydrogens is 370 g/mol. The highest BCUT2D eigenvalue weighted by Gasteiger charge is 2.86. The molecule has 0 aliphatic heterocycles. The van der Waals surface area contributed by atoms with Crippen molar-refractivity contribution in [3.63, 3.8) is 0 Å². The molecule has 0 rings (SSSR count). The van der Waals surface area contributed by atoms with Crippen LogP contribution >= 0.6 is 7.37 Å². The van der Waals surface area contributed by atoms with Gasteiger partial charge in [-0.2, -0.15) is 43.9 Å². The summed E-state index contributed by atoms with van der Waals surface area (Å²) in [6.07, 6.45) is -21.7. The summed E-state index contributed by atoms with van der Waals surface area (Å²) in [6, 6.07) is 0. The van der Waals surface area contributed by atoms with Crippen LogP contribution in [0.5, 0.6) is 0 Å². The summed E-state index contributed by atoms with van der Waals surface area (Å²) in [5.74, 6) is 0. The predicted octanol–water partition coefficient (Wildman–Crippen LogP) is 5.11. The van der Waals surface area contributed by atoms with Crippen LogP contribution in [0.3, 0.4) is 0 Å². The lowest BCUT2D eigenvalue weighted by molar-refractivity contribution is -0.309. The molecule has 0 aliphatic carbocycles. The van der Waals surface area contributed by atoms with Crippen molar-refractivity contribution < 1.29 is 66.2 Å². The lowest BCUT2D eigenvalue weighted by atomic mass is 10.7. The van der Waals surface area contributed by atoms with E-state index < -0.39 is 37.4 Å². The van der Waals surface area contributed by atoms with E-state index in [9.17, 15) is 61.6 Å². The van der Waals surface area contributed by atoms with Crippen molar-refractivity contribution >= 4 is 7.37 Å². The standard InChI is InChI=1S/C5F13O2P/c6-1(7,8)3(12,13)21(19,20-5(16,17)18)4(14,15)2(9,10)11. The third-order valence-corrected chi connectivity index (χ3v) is 4.10. The Labute approximate surface area is 105 Å². The van der Waals surface area contributed by atoms with E-state index >= 15 is 0 Å². The second kappa shape index (κ2) is 4.89. The first-order valence-electron chi connectivity index (χ1n) is 3.97. The topological polar surface area (TPSA) is 26.3 Å². The SMILES string of the molecule is O=P(OC(F)(F)F)(C(F)(F)C(F)(F)F)C(F)(F)C(F)(F)F. The van der Waals surface area contributed by atoms with E-state index in [4.69, 9.17) is 0 Å². The first-order chi connectivity index (χ1) is 8.71. The zero-order chi connectivity index (χ0) is 17.7. The molecule has 0 spiro atoms. The summed E-state index contributed by atoms with van der Waals surface area (Å²) in [7, 11) is -9.03. The fourth-order valence-corrected chi connectivity index (χ4v) is 2.31. The van der Waals surface area contributed by atoms with Gasteiger partial charge in [-0.3, -0.25) is 4.57 Å². The van der Waals surface area contributed by atoms with Crippen LogP contribution in [0.1, 0.15) is 0 Å². The Balaban J connectivity index is 6.40. The summed E-state index contributed by atoms with van der Waals surface area (Å²) in [5.41, 5.74) is -15.2. The van der Waals surface area contributed by atoms with E-state index in [1.54, 1.807) is 0 Å². The number of alkyl halides is 13. The van der Waals surface area contributed by atoms with Crippen LogP contribution in [-0.4, -0.2) is 30.0 Å². The van der Waals surface area contributed by atoms with Crippen LogP contribution in [0.2, 0.25) is 0 Å². The van der Waals surface area contributed by atoms with Gasteiger partial charge in [0, 0.05) is 0 Å². The highest BCUT2D eigenvalue weighted by Crippen LogP contribution is 2.78. The zero-order valence-electron chi connectivity index (χ0n) is 8.68. The molecule has 0 unspecified atom stereocenters. The van der Waals surface area contributed by atoms with Crippen molar-refractivity contribution in [1.82, 2.24) is 0 Å². The van der Waals surface area contributed by atoms with E-state index in [0.29, 0.717) is 0 Å². The van der Waals surface area contributed by atoms with Gasteiger partial charge in [-0.25, -0.2) is 4.52 Å². The second-order valence-electron chi connectivity index (χ2n) is 3.17. The number of hydrogen-bond acceptors (Lipinski definition) is 2. The fourth-order valence-electron chi connectivity index (χ4n) is 0.771. The average Bonchev–Trinajstić information content (AvgIpc) is 2.10. The van der Waals surface area contributed by atoms with E-state index in [2.05, 4.69) is 0 Å². The summed E-state index contributed by atoms with van der Waals surface area (Å²) >= 11 is 0. The molecule has 0 N–H and O–H groups in total. The Bertz CT molecular complexity index is 397. The Morgan fingerprint density at radius 3 is 0.952 bits per heavy atom. The summed E-state index contributed by atoms with van der Waals surface area (Å²) in [6.45, 7) is 0. The van der Waals surface area contributed by atoms with Crippen molar-refractivity contribution in [2.45, 2.75) is 30.0 Å². The molecule has 0 saturated heterocycles. The maximum atomic E-state index is 12.5. The molecule has 16 heteroatoms. The van der Waals surface area contributed by atoms with Gasteiger partial charge in [0.25, 0.3) is 0 Å². The summed E-state index contributed by atoms with van der Waals surface area (Å²) in [4.78, 5) is 0. The first kappa shape index (κ1) is 20.3. The Kier molecular flexibility index (Phi) is 4.73. The first-order valence-corrected chi connectivity index (χ1v) is 5.60. The molecule has 0 radical (unpaired) electrons. The molecule has 128 valence electrons. The quantitative estimate of drug-likeness (QED) is 0.510. The van der Waals surface area contributed by atoms with Gasteiger partial charge in [-0.1, -0.05) is 0 Å². The van der Waals surface area contributed by atoms with Crippen LogP contribution < -0.4 is 0 Å². The van der Waals surface area contributed by atoms with Crippen LogP contribution in [0, 0.1) is 0 Å². The van der Waals surface area contributed by atoms with Gasteiger partial charge >= 0.3 is 37.4 Å². The van der Waals surface area contributed by atoms with Crippen LogP contribution in [0.25, 0.3) is 0 Å². The van der Waals surface area contributed by atoms with Crippen LogP contribution in [0.4, 0.5) is 57.1 Å². The molecule has 0 bridgehead atoms. The number of rotatable bonds is 3. The molecule has 0 aromatic rings. The Morgan fingerprint density at radius 1 is 0.571 bits per heavy atom. The highest BCUT2D eigenvalue weighted by molar-refractivity contribution is 7.61. The third-order valence-electron chi connectivity index (χ3n) is 1.65. The smallest absolute Gasteiger partial charge is 0.279 e. The zero-order valence-corrected chi connectivity index (χ0v) is 9.57. The minimum absolute atomic E-state index is 1.42. The minimum Gasteiger partial charge on any atom is -0.279 e. The minimum atomic E-state index is -9.03. The van der Waals surface area contributed by atoms with Crippen molar-refractivity contribution in [2.24, 2.45) is 0 Å². The van der Waals surface area contributed by atoms with Crippen molar-refractivity contribution in [1.29, 1.82) is 0 Å². The Hall–Kier alpha value is -0.720. The van der Waals surface area contributed by atoms with Crippen LogP contribution in [-0.2, 0) is 9.09 Å². The molecule has 0 aliphatic rings. The third kappa shape index (κ3) is 3.38. The number of halogens is 13. The maximum Gasteiger partial charge on any atom is 0.528 e. The molecule has 0 amide bonds. The Morgan fingerprint density at radius 2 is 0.810 bits per heavy atom. The molecular formula is C5F13O2P. The molecule has 21 heavy (non-hydrogen) atoms. The fraction of sp³-hybridized carbons (Fsp3) is 1.00. The molecule has 2 nitrogen and oxygen atoms in total. The molecule has 0 fully saturated rings. The van der Waals surface area contributed by atoms with Crippen molar-refractivity contribution in [2.75, 3.05) is 0 Å². The molecule has 0 saturated carbocycles. The highest BCUT2D eigenvalue weighted by atomic mass is 31.2. The second-order valence-corrected chi connectivity index (χ2v) is 5.58. The van der Waals surface area contributed by atoms with Gasteiger partial charge in [0.15, 0.2) is 0 Å². The van der Waals surface area contributed by atoms with Gasteiger partial charge in [0.2, 0.25) is 0 Å². The molecule has 0 aromatic heterocycles. The molecule has 0 aromatic carbocycles. The van der Waals surface area contributed by atoms with E-state index in [0.717, 1.165) is 0 Å². The molecule has 0 atom stereocenters. The lowest BCUT2D eigenvalue weighted by Gasteiger charge is -2.34. The monoisotopic (exact) mass is 370 g/mol. The largest absolute Gasteiger partial charge is 0.528 e. The van der Waals surface area contributed by atoms with Gasteiger partial charge in [-0.05, 0) is 0 Å². The predicted molar refractivity (Wildman–Crippen MR) is 36.8 cm³/mol. The normalized spacial score (nSPS) is 16.2. The summed E-state index contributed by atoms with van der Waals surface area (Å²) < 4.78 is 168. The van der Waals surface area contributed by atoms with Crippen LogP contribution in [0.15, 0.2) is 0 Å². The van der Waals surface area contributed by atoms with Crippen molar-refractivity contribution in [3.05, 3.63) is 0 Å². The van der Waals surface area contributed by atoms with Crippen molar-refractivity contribution in [3.8, 4) is 0 Å². The molecule has 0 heterocycles. The number of hydrogen-bond donors (Lipinski definition) is 0. The van der Waals surface area contributed by atoms with Gasteiger partial charge in [0.05, 0.1) is 0 Å². The average molecular weight is 370 g/mol. The summed E-state index contributed by atoms with van der Waals surface area (Å²) in [5, 5.41) is 0. The lowest BCUT2D eigenvalue weighted by Crippen LogP contribution is -2.49.